The smallest absolute Gasteiger partial charge is 0.414 e. The number of benzene rings is 2. The molecule has 0 aliphatic carbocycles. The van der Waals surface area contributed by atoms with Crippen LogP contribution in [0.5, 0.6) is 0 Å². The lowest BCUT2D eigenvalue weighted by molar-refractivity contribution is 0.141. The van der Waals surface area contributed by atoms with Gasteiger partial charge in [0, 0.05) is 0 Å². The summed E-state index contributed by atoms with van der Waals surface area (Å²) in [5.74, 6) is 0. The van der Waals surface area contributed by atoms with Gasteiger partial charge in [-0.2, -0.15) is 0 Å². The number of ether oxygens (including phenoxy) is 1. The summed E-state index contributed by atoms with van der Waals surface area (Å²) in [6.45, 7) is 12.0. The highest BCUT2D eigenvalue weighted by molar-refractivity contribution is 6.74. The van der Waals surface area contributed by atoms with Crippen molar-refractivity contribution in [3.63, 3.8) is 0 Å². The maximum Gasteiger partial charge on any atom is 0.414 e. The van der Waals surface area contributed by atoms with Crippen LogP contribution in [0.2, 0.25) is 18.1 Å². The fraction of sp³-hybridized carbons (Fsp3) is 0.435. The third kappa shape index (κ3) is 4.47. The largest absolute Gasteiger partial charge is 0.444 e. The van der Waals surface area contributed by atoms with Crippen LogP contribution in [0.4, 0.5) is 10.5 Å². The first-order chi connectivity index (χ1) is 13.2. The molecule has 28 heavy (non-hydrogen) atoms. The number of anilines is 1. The van der Waals surface area contributed by atoms with Gasteiger partial charge in [0.15, 0.2) is 8.32 Å². The van der Waals surface area contributed by atoms with E-state index in [9.17, 15) is 4.79 Å². The fourth-order valence-corrected chi connectivity index (χ4v) is 4.19. The van der Waals surface area contributed by atoms with Crippen LogP contribution in [0, 0.1) is 0 Å². The standard InChI is InChI=1S/C23H31NO3Si/c1-23(2,3)28(4,5)27-17-20-15-19-13-9-10-14-21(19)24(20)22(25)26-16-18-11-7-6-8-12-18/h6-14,20H,15-17H2,1-5H3/t20-/m0/s1. The van der Waals surface area contributed by atoms with Crippen LogP contribution in [0.1, 0.15) is 31.9 Å². The summed E-state index contributed by atoms with van der Waals surface area (Å²) in [5.41, 5.74) is 3.09. The maximum atomic E-state index is 13.0. The Balaban J connectivity index is 1.73. The van der Waals surface area contributed by atoms with Crippen LogP contribution < -0.4 is 4.90 Å². The summed E-state index contributed by atoms with van der Waals surface area (Å²) in [7, 11) is -1.89. The Morgan fingerprint density at radius 1 is 1.07 bits per heavy atom. The molecule has 1 aliphatic rings. The Labute approximate surface area is 169 Å². The quantitative estimate of drug-likeness (QED) is 0.601. The number of nitrogens with zero attached hydrogens (tertiary/aromatic N) is 1. The van der Waals surface area contributed by atoms with Crippen LogP contribution in [0.3, 0.4) is 0 Å². The molecule has 1 aliphatic heterocycles. The second-order valence-corrected chi connectivity index (χ2v) is 13.8. The van der Waals surface area contributed by atoms with Crippen molar-refractivity contribution in [3.8, 4) is 0 Å². The van der Waals surface area contributed by atoms with Crippen LogP contribution in [0.15, 0.2) is 54.6 Å². The van der Waals surface area contributed by atoms with E-state index in [-0.39, 0.29) is 23.8 Å². The summed E-state index contributed by atoms with van der Waals surface area (Å²) in [5, 5.41) is 0.136. The predicted octanol–water partition coefficient (Wildman–Crippen LogP) is 5.78. The normalized spacial score (nSPS) is 16.8. The molecule has 0 saturated carbocycles. The SMILES string of the molecule is CC(C)(C)[Si](C)(C)OC[C@@H]1Cc2ccccc2N1C(=O)OCc1ccccc1. The molecule has 0 unspecified atom stereocenters. The zero-order valence-electron chi connectivity index (χ0n) is 17.6. The van der Waals surface area contributed by atoms with Gasteiger partial charge in [-0.25, -0.2) is 4.79 Å². The van der Waals surface area contributed by atoms with Crippen LogP contribution in [0.25, 0.3) is 0 Å². The molecule has 2 aromatic rings. The third-order valence-electron chi connectivity index (χ3n) is 5.92. The molecular formula is C23H31NO3Si. The van der Waals surface area contributed by atoms with E-state index in [0.717, 1.165) is 17.7 Å². The Bertz CT molecular complexity index is 814. The second-order valence-electron chi connectivity index (χ2n) is 8.97. The lowest BCUT2D eigenvalue weighted by Crippen LogP contribution is -2.47. The molecule has 0 fully saturated rings. The van der Waals surface area contributed by atoms with Crippen molar-refractivity contribution in [2.45, 2.75) is 58.0 Å². The molecule has 4 nitrogen and oxygen atoms in total. The Morgan fingerprint density at radius 2 is 1.71 bits per heavy atom. The molecule has 0 aromatic heterocycles. The number of fused-ring (bicyclic) bond motifs is 1. The van der Waals surface area contributed by atoms with Gasteiger partial charge in [-0.05, 0) is 41.7 Å². The molecule has 0 spiro atoms. The Kier molecular flexibility index (Phi) is 5.96. The number of hydrogen-bond acceptors (Lipinski definition) is 3. The highest BCUT2D eigenvalue weighted by Gasteiger charge is 2.40. The number of hydrogen-bond donors (Lipinski definition) is 0. The molecule has 1 amide bonds. The lowest BCUT2D eigenvalue weighted by atomic mass is 10.1. The van der Waals surface area contributed by atoms with E-state index in [1.165, 1.54) is 5.56 Å². The third-order valence-corrected chi connectivity index (χ3v) is 10.4. The number of carbonyl (C=O) groups excluding carboxylic acids is 1. The fourth-order valence-electron chi connectivity index (χ4n) is 3.15. The van der Waals surface area contributed by atoms with Crippen molar-refractivity contribution in [1.82, 2.24) is 0 Å². The summed E-state index contributed by atoms with van der Waals surface area (Å²) in [6, 6.07) is 17.8. The highest BCUT2D eigenvalue weighted by atomic mass is 28.4. The van der Waals surface area contributed by atoms with Gasteiger partial charge in [-0.15, -0.1) is 0 Å². The minimum absolute atomic E-state index is 0.0326. The minimum Gasteiger partial charge on any atom is -0.444 e. The minimum atomic E-state index is -1.89. The average Bonchev–Trinajstić information content (AvgIpc) is 3.03. The highest BCUT2D eigenvalue weighted by Crippen LogP contribution is 2.38. The van der Waals surface area contributed by atoms with E-state index in [1.54, 1.807) is 4.90 Å². The Hall–Kier alpha value is -2.11. The molecule has 0 bridgehead atoms. The molecular weight excluding hydrogens is 366 g/mol. The van der Waals surface area contributed by atoms with Crippen molar-refractivity contribution in [2.24, 2.45) is 0 Å². The zero-order valence-corrected chi connectivity index (χ0v) is 18.6. The van der Waals surface area contributed by atoms with Crippen molar-refractivity contribution in [2.75, 3.05) is 11.5 Å². The van der Waals surface area contributed by atoms with Gasteiger partial charge in [-0.3, -0.25) is 4.90 Å². The van der Waals surface area contributed by atoms with Gasteiger partial charge in [0.2, 0.25) is 0 Å². The average molecular weight is 398 g/mol. The van der Waals surface area contributed by atoms with Crippen molar-refractivity contribution in [1.29, 1.82) is 0 Å². The monoisotopic (exact) mass is 397 g/mol. The molecule has 2 aromatic carbocycles. The van der Waals surface area contributed by atoms with E-state index < -0.39 is 8.32 Å². The van der Waals surface area contributed by atoms with Crippen LogP contribution in [-0.2, 0) is 22.2 Å². The van der Waals surface area contributed by atoms with E-state index in [2.05, 4.69) is 39.9 Å². The van der Waals surface area contributed by atoms with Gasteiger partial charge in [-0.1, -0.05) is 69.3 Å². The maximum absolute atomic E-state index is 13.0. The number of rotatable bonds is 5. The van der Waals surface area contributed by atoms with Crippen LogP contribution in [-0.4, -0.2) is 27.1 Å². The number of carbonyl (C=O) groups is 1. The van der Waals surface area contributed by atoms with Gasteiger partial charge in [0.1, 0.15) is 6.61 Å². The van der Waals surface area contributed by atoms with Crippen molar-refractivity contribution < 1.29 is 14.0 Å². The summed E-state index contributed by atoms with van der Waals surface area (Å²) >= 11 is 0. The molecule has 3 rings (SSSR count). The van der Waals surface area contributed by atoms with E-state index in [0.29, 0.717) is 6.61 Å². The molecule has 0 saturated heterocycles. The van der Waals surface area contributed by atoms with Gasteiger partial charge in [0.05, 0.1) is 18.3 Å². The van der Waals surface area contributed by atoms with Gasteiger partial charge >= 0.3 is 6.09 Å². The zero-order chi connectivity index (χ0) is 20.4. The first-order valence-electron chi connectivity index (χ1n) is 9.91. The summed E-state index contributed by atoms with van der Waals surface area (Å²) < 4.78 is 12.1. The molecule has 1 atom stereocenters. The first-order valence-corrected chi connectivity index (χ1v) is 12.8. The predicted molar refractivity (Wildman–Crippen MR) is 116 cm³/mol. The number of para-hydroxylation sites is 1. The second kappa shape index (κ2) is 8.09. The summed E-state index contributed by atoms with van der Waals surface area (Å²) in [4.78, 5) is 14.8. The van der Waals surface area contributed by atoms with E-state index >= 15 is 0 Å². The summed E-state index contributed by atoms with van der Waals surface area (Å²) in [6.07, 6.45) is 0.489. The van der Waals surface area contributed by atoms with E-state index in [1.807, 2.05) is 48.5 Å². The molecule has 0 radical (unpaired) electrons. The van der Waals surface area contributed by atoms with Gasteiger partial charge in [0.25, 0.3) is 0 Å². The van der Waals surface area contributed by atoms with E-state index in [4.69, 9.17) is 9.16 Å². The first kappa shape index (κ1) is 20.6. The molecule has 5 heteroatoms. The van der Waals surface area contributed by atoms with Crippen molar-refractivity contribution in [3.05, 3.63) is 65.7 Å². The lowest BCUT2D eigenvalue weighted by Gasteiger charge is -2.37. The van der Waals surface area contributed by atoms with Gasteiger partial charge < -0.3 is 9.16 Å². The van der Waals surface area contributed by atoms with Crippen molar-refractivity contribution >= 4 is 20.1 Å². The molecule has 0 N–H and O–H groups in total. The van der Waals surface area contributed by atoms with Crippen LogP contribution >= 0.6 is 0 Å². The number of amides is 1. The molecule has 1 heterocycles. The topological polar surface area (TPSA) is 38.8 Å². The molecule has 150 valence electrons. The Morgan fingerprint density at radius 3 is 2.39 bits per heavy atom.